The van der Waals surface area contributed by atoms with Gasteiger partial charge in [0.25, 0.3) is 0 Å². The van der Waals surface area contributed by atoms with Crippen LogP contribution in [0.5, 0.6) is 11.5 Å². The van der Waals surface area contributed by atoms with Crippen LogP contribution >= 0.6 is 0 Å². The molecule has 0 aliphatic carbocycles. The van der Waals surface area contributed by atoms with Crippen LogP contribution in [0.3, 0.4) is 0 Å². The Balaban J connectivity index is 2.00. The molecule has 0 saturated carbocycles. The van der Waals surface area contributed by atoms with Gasteiger partial charge in [-0.2, -0.15) is 0 Å². The predicted octanol–water partition coefficient (Wildman–Crippen LogP) is 1.58. The average Bonchev–Trinajstić information content (AvgIpc) is 2.90. The van der Waals surface area contributed by atoms with E-state index >= 15 is 0 Å². The summed E-state index contributed by atoms with van der Waals surface area (Å²) >= 11 is 0. The number of methoxy groups -OCH3 is 2. The van der Waals surface area contributed by atoms with Crippen LogP contribution in [0.1, 0.15) is 12.0 Å². The normalized spacial score (nSPS) is 17.6. The quantitative estimate of drug-likeness (QED) is 0.606. The zero-order chi connectivity index (χ0) is 15.2. The van der Waals surface area contributed by atoms with Gasteiger partial charge in [0.05, 0.1) is 20.8 Å². The molecule has 0 bridgehead atoms. The summed E-state index contributed by atoms with van der Waals surface area (Å²) < 4.78 is 20.0. The fourth-order valence-electron chi connectivity index (χ4n) is 1.88. The Hall–Kier alpha value is -2.50. The lowest BCUT2D eigenvalue weighted by Crippen LogP contribution is -2.21. The molecule has 0 unspecified atom stereocenters. The van der Waals surface area contributed by atoms with E-state index in [1.165, 1.54) is 13.2 Å². The molecule has 0 N–H and O–H groups in total. The number of carbonyl (C=O) groups is 2. The van der Waals surface area contributed by atoms with Gasteiger partial charge in [-0.1, -0.05) is 6.07 Å². The lowest BCUT2D eigenvalue weighted by Gasteiger charge is -2.08. The van der Waals surface area contributed by atoms with Crippen LogP contribution in [0.15, 0.2) is 24.3 Å². The first-order valence-corrected chi connectivity index (χ1v) is 6.41. The number of carbonyl (C=O) groups excluding carboxylic acids is 2. The molecule has 112 valence electrons. The molecule has 6 heteroatoms. The van der Waals surface area contributed by atoms with E-state index in [0.717, 1.165) is 5.56 Å². The molecule has 0 aromatic heterocycles. The number of hydrogen-bond acceptors (Lipinski definition) is 6. The van der Waals surface area contributed by atoms with Crippen LogP contribution in [-0.2, 0) is 19.1 Å². The molecule has 1 heterocycles. The van der Waals surface area contributed by atoms with E-state index in [4.69, 9.17) is 18.9 Å². The SMILES string of the molecule is COc1ccc(/C=C/C(=O)O[C@H]2CCOC2=O)cc1OC. The molecular formula is C15H16O6. The van der Waals surface area contributed by atoms with Crippen molar-refractivity contribution in [2.24, 2.45) is 0 Å². The minimum Gasteiger partial charge on any atom is -0.493 e. The van der Waals surface area contributed by atoms with Crippen LogP contribution in [-0.4, -0.2) is 38.9 Å². The number of ether oxygens (including phenoxy) is 4. The molecule has 1 atom stereocenters. The lowest BCUT2D eigenvalue weighted by molar-refractivity contribution is -0.156. The zero-order valence-corrected chi connectivity index (χ0v) is 11.8. The van der Waals surface area contributed by atoms with E-state index in [1.807, 2.05) is 0 Å². The van der Waals surface area contributed by atoms with E-state index < -0.39 is 18.0 Å². The molecule has 1 aliphatic rings. The summed E-state index contributed by atoms with van der Waals surface area (Å²) in [5.41, 5.74) is 0.749. The molecule has 1 fully saturated rings. The Morgan fingerprint density at radius 2 is 2.05 bits per heavy atom. The second-order valence-corrected chi connectivity index (χ2v) is 4.33. The van der Waals surface area contributed by atoms with Crippen molar-refractivity contribution in [3.05, 3.63) is 29.8 Å². The number of hydrogen-bond donors (Lipinski definition) is 0. The van der Waals surface area contributed by atoms with E-state index in [-0.39, 0.29) is 6.61 Å². The third kappa shape index (κ3) is 3.75. The topological polar surface area (TPSA) is 71.1 Å². The summed E-state index contributed by atoms with van der Waals surface area (Å²) in [6, 6.07) is 5.24. The van der Waals surface area contributed by atoms with Crippen molar-refractivity contribution < 1.29 is 28.5 Å². The largest absolute Gasteiger partial charge is 0.493 e. The molecule has 1 aromatic carbocycles. The van der Waals surface area contributed by atoms with E-state index in [9.17, 15) is 9.59 Å². The van der Waals surface area contributed by atoms with Gasteiger partial charge < -0.3 is 18.9 Å². The molecule has 1 aromatic rings. The van der Waals surface area contributed by atoms with Crippen LogP contribution in [0.2, 0.25) is 0 Å². The highest BCUT2D eigenvalue weighted by Gasteiger charge is 2.29. The summed E-state index contributed by atoms with van der Waals surface area (Å²) in [5.74, 6) is 0.0785. The van der Waals surface area contributed by atoms with E-state index in [1.54, 1.807) is 31.4 Å². The minimum absolute atomic E-state index is 0.288. The maximum atomic E-state index is 11.6. The van der Waals surface area contributed by atoms with Gasteiger partial charge in [-0.3, -0.25) is 0 Å². The molecule has 1 aliphatic heterocycles. The van der Waals surface area contributed by atoms with Crippen molar-refractivity contribution >= 4 is 18.0 Å². The fourth-order valence-corrected chi connectivity index (χ4v) is 1.88. The Labute approximate surface area is 122 Å². The number of esters is 2. The first-order chi connectivity index (χ1) is 10.1. The van der Waals surface area contributed by atoms with E-state index in [0.29, 0.717) is 17.9 Å². The Bertz CT molecular complexity index is 563. The van der Waals surface area contributed by atoms with Crippen molar-refractivity contribution in [2.45, 2.75) is 12.5 Å². The number of cyclic esters (lactones) is 1. The van der Waals surface area contributed by atoms with Gasteiger partial charge in [-0.05, 0) is 23.8 Å². The third-order valence-corrected chi connectivity index (χ3v) is 2.97. The number of rotatable bonds is 5. The van der Waals surface area contributed by atoms with Gasteiger partial charge in [0.15, 0.2) is 11.5 Å². The van der Waals surface area contributed by atoms with Gasteiger partial charge in [0.1, 0.15) is 0 Å². The van der Waals surface area contributed by atoms with Gasteiger partial charge in [0, 0.05) is 12.5 Å². The Morgan fingerprint density at radius 1 is 1.29 bits per heavy atom. The zero-order valence-electron chi connectivity index (χ0n) is 11.8. The molecular weight excluding hydrogens is 276 g/mol. The van der Waals surface area contributed by atoms with Gasteiger partial charge in [0.2, 0.25) is 6.10 Å². The highest BCUT2D eigenvalue weighted by atomic mass is 16.6. The molecule has 0 amide bonds. The third-order valence-electron chi connectivity index (χ3n) is 2.97. The van der Waals surface area contributed by atoms with Gasteiger partial charge in [-0.25, -0.2) is 9.59 Å². The second-order valence-electron chi connectivity index (χ2n) is 4.33. The lowest BCUT2D eigenvalue weighted by atomic mass is 10.2. The monoisotopic (exact) mass is 292 g/mol. The summed E-state index contributed by atoms with van der Waals surface area (Å²) in [5, 5.41) is 0. The summed E-state index contributed by atoms with van der Waals surface area (Å²) in [4.78, 5) is 22.8. The Morgan fingerprint density at radius 3 is 2.67 bits per heavy atom. The van der Waals surface area contributed by atoms with Gasteiger partial charge in [-0.15, -0.1) is 0 Å². The predicted molar refractivity (Wildman–Crippen MR) is 74.0 cm³/mol. The highest BCUT2D eigenvalue weighted by Crippen LogP contribution is 2.27. The van der Waals surface area contributed by atoms with Crippen molar-refractivity contribution in [1.29, 1.82) is 0 Å². The number of benzene rings is 1. The van der Waals surface area contributed by atoms with Crippen molar-refractivity contribution in [3.63, 3.8) is 0 Å². The second kappa shape index (κ2) is 6.78. The molecule has 2 rings (SSSR count). The smallest absolute Gasteiger partial charge is 0.347 e. The maximum Gasteiger partial charge on any atom is 0.347 e. The highest BCUT2D eigenvalue weighted by molar-refractivity contribution is 5.89. The van der Waals surface area contributed by atoms with Crippen LogP contribution in [0.25, 0.3) is 6.08 Å². The Kier molecular flexibility index (Phi) is 4.81. The van der Waals surface area contributed by atoms with Crippen molar-refractivity contribution in [2.75, 3.05) is 20.8 Å². The van der Waals surface area contributed by atoms with Crippen LogP contribution < -0.4 is 9.47 Å². The first kappa shape index (κ1) is 14.9. The molecule has 0 spiro atoms. The fraction of sp³-hybridized carbons (Fsp3) is 0.333. The first-order valence-electron chi connectivity index (χ1n) is 6.41. The van der Waals surface area contributed by atoms with Crippen molar-refractivity contribution in [1.82, 2.24) is 0 Å². The van der Waals surface area contributed by atoms with E-state index in [2.05, 4.69) is 0 Å². The summed E-state index contributed by atoms with van der Waals surface area (Å²) in [7, 11) is 3.08. The van der Waals surface area contributed by atoms with Gasteiger partial charge >= 0.3 is 11.9 Å². The molecule has 0 radical (unpaired) electrons. The van der Waals surface area contributed by atoms with Crippen LogP contribution in [0, 0.1) is 0 Å². The maximum absolute atomic E-state index is 11.6. The van der Waals surface area contributed by atoms with Crippen molar-refractivity contribution in [3.8, 4) is 11.5 Å². The summed E-state index contributed by atoms with van der Waals surface area (Å²) in [6.45, 7) is 0.288. The molecule has 1 saturated heterocycles. The average molecular weight is 292 g/mol. The molecule has 21 heavy (non-hydrogen) atoms. The molecule has 6 nitrogen and oxygen atoms in total. The minimum atomic E-state index is -0.799. The standard InChI is InChI=1S/C15H16O6/c1-18-11-5-3-10(9-13(11)19-2)4-6-14(16)21-12-7-8-20-15(12)17/h3-6,9,12H,7-8H2,1-2H3/b6-4+/t12-/m0/s1. The summed E-state index contributed by atoms with van der Waals surface area (Å²) in [6.07, 6.45) is 2.43. The van der Waals surface area contributed by atoms with Crippen LogP contribution in [0.4, 0.5) is 0 Å².